The highest BCUT2D eigenvalue weighted by atomic mass is 32.1. The second-order valence-corrected chi connectivity index (χ2v) is 5.84. The Hall–Kier alpha value is -1.53. The Labute approximate surface area is 134 Å². The minimum atomic E-state index is -0.977. The molecule has 0 aliphatic heterocycles. The van der Waals surface area contributed by atoms with E-state index in [2.05, 4.69) is 9.97 Å². The zero-order valence-corrected chi connectivity index (χ0v) is 13.6. The quantitative estimate of drug-likeness (QED) is 0.701. The maximum Gasteiger partial charge on any atom is 0.171 e. The predicted molar refractivity (Wildman–Crippen MR) is 92.3 cm³/mol. The molecule has 2 unspecified atom stereocenters. The van der Waals surface area contributed by atoms with Crippen LogP contribution in [-0.4, -0.2) is 30.3 Å². The lowest BCUT2D eigenvalue weighted by atomic mass is 9.72. The number of benzene rings is 1. The Kier molecular flexibility index (Phi) is 4.58. The number of H-pyrrole nitrogens is 1. The number of nitrogens with zero attached hydrogens (tertiary/aromatic N) is 1. The standard InChI is InChI=1S/C15H18N2O2S2/c1-3-9(12(18)20)15(4-2,14(19)21)13-16-10-7-5-6-8-11(10)17-13/h5-9H,3-4H2,1-2H3,(H,16,17)(H,18,20)(H,19,21). The van der Waals surface area contributed by atoms with Crippen molar-refractivity contribution < 1.29 is 10.2 Å². The van der Waals surface area contributed by atoms with Gasteiger partial charge in [-0.1, -0.05) is 26.0 Å². The third-order valence-corrected chi connectivity index (χ3v) is 4.70. The summed E-state index contributed by atoms with van der Waals surface area (Å²) in [7, 11) is 0. The summed E-state index contributed by atoms with van der Waals surface area (Å²) < 4.78 is 0. The van der Waals surface area contributed by atoms with Crippen molar-refractivity contribution in [2.75, 3.05) is 0 Å². The Morgan fingerprint density at radius 3 is 2.43 bits per heavy atom. The fraction of sp³-hybridized carbons (Fsp3) is 0.400. The molecule has 0 bridgehead atoms. The second-order valence-electron chi connectivity index (χ2n) is 5.03. The van der Waals surface area contributed by atoms with E-state index in [4.69, 9.17) is 24.4 Å². The van der Waals surface area contributed by atoms with Crippen LogP contribution >= 0.6 is 24.4 Å². The SMILES string of the molecule is CCC(C(O)=S)C(CC)(C(O)=S)c1nc2ccccc2[nH]1. The number of rotatable bonds is 6. The lowest BCUT2D eigenvalue weighted by Crippen LogP contribution is -2.45. The van der Waals surface area contributed by atoms with Crippen molar-refractivity contribution in [3.05, 3.63) is 30.1 Å². The molecule has 0 saturated heterocycles. The van der Waals surface area contributed by atoms with Gasteiger partial charge in [-0.15, -0.1) is 0 Å². The Balaban J connectivity index is 2.69. The first-order chi connectivity index (χ1) is 9.97. The summed E-state index contributed by atoms with van der Waals surface area (Å²) in [5.74, 6) is 0.0810. The number of hydrogen-bond donors (Lipinski definition) is 3. The molecule has 2 aromatic rings. The van der Waals surface area contributed by atoms with Crippen molar-refractivity contribution in [2.24, 2.45) is 5.92 Å². The molecule has 2 atom stereocenters. The minimum absolute atomic E-state index is 0.156. The van der Waals surface area contributed by atoms with E-state index in [9.17, 15) is 10.2 Å². The predicted octanol–water partition coefficient (Wildman–Crippen LogP) is 4.01. The zero-order chi connectivity index (χ0) is 15.6. The monoisotopic (exact) mass is 322 g/mol. The summed E-state index contributed by atoms with van der Waals surface area (Å²) in [6.45, 7) is 3.80. The van der Waals surface area contributed by atoms with Gasteiger partial charge in [0.25, 0.3) is 0 Å². The molecular weight excluding hydrogens is 304 g/mol. The molecule has 0 aliphatic carbocycles. The number of para-hydroxylation sites is 2. The van der Waals surface area contributed by atoms with Crippen LogP contribution in [0.4, 0.5) is 0 Å². The largest absolute Gasteiger partial charge is 0.502 e. The Bertz CT molecular complexity index is 650. The van der Waals surface area contributed by atoms with Crippen molar-refractivity contribution in [3.8, 4) is 0 Å². The molecular formula is C15H18N2O2S2. The van der Waals surface area contributed by atoms with Gasteiger partial charge in [-0.25, -0.2) is 4.98 Å². The van der Waals surface area contributed by atoms with E-state index in [0.29, 0.717) is 18.7 Å². The maximum atomic E-state index is 10.2. The first-order valence-electron chi connectivity index (χ1n) is 6.88. The number of aromatic nitrogens is 2. The molecule has 0 spiro atoms. The summed E-state index contributed by atoms with van der Waals surface area (Å²) >= 11 is 10.1. The van der Waals surface area contributed by atoms with E-state index < -0.39 is 11.3 Å². The lowest BCUT2D eigenvalue weighted by Gasteiger charge is -2.35. The van der Waals surface area contributed by atoms with Gasteiger partial charge in [0, 0.05) is 5.92 Å². The van der Waals surface area contributed by atoms with Crippen molar-refractivity contribution in [2.45, 2.75) is 32.1 Å². The fourth-order valence-electron chi connectivity index (χ4n) is 2.88. The van der Waals surface area contributed by atoms with E-state index in [1.165, 1.54) is 0 Å². The summed E-state index contributed by atoms with van der Waals surface area (Å²) in [6, 6.07) is 7.59. The Morgan fingerprint density at radius 2 is 1.95 bits per heavy atom. The summed E-state index contributed by atoms with van der Waals surface area (Å²) in [5.41, 5.74) is 0.676. The molecule has 21 heavy (non-hydrogen) atoms. The number of thiocarbonyl (C=S) groups is 2. The van der Waals surface area contributed by atoms with Crippen molar-refractivity contribution in [1.29, 1.82) is 0 Å². The summed E-state index contributed by atoms with van der Waals surface area (Å²) in [5, 5.41) is 19.7. The zero-order valence-electron chi connectivity index (χ0n) is 12.0. The van der Waals surface area contributed by atoms with Crippen LogP contribution in [0.2, 0.25) is 0 Å². The smallest absolute Gasteiger partial charge is 0.171 e. The first kappa shape index (κ1) is 15.9. The van der Waals surface area contributed by atoms with Crippen LogP contribution in [0.1, 0.15) is 32.5 Å². The van der Waals surface area contributed by atoms with Crippen LogP contribution in [0, 0.1) is 5.92 Å². The Morgan fingerprint density at radius 1 is 1.29 bits per heavy atom. The van der Waals surface area contributed by atoms with Gasteiger partial charge in [0.1, 0.15) is 11.2 Å². The normalized spacial score (nSPS) is 15.5. The number of aliphatic hydroxyl groups excluding tert-OH is 2. The number of hydrogen-bond acceptors (Lipinski definition) is 3. The van der Waals surface area contributed by atoms with Crippen LogP contribution in [0.15, 0.2) is 24.3 Å². The molecule has 1 aromatic heterocycles. The van der Waals surface area contributed by atoms with E-state index >= 15 is 0 Å². The molecule has 1 heterocycles. The summed E-state index contributed by atoms with van der Waals surface area (Å²) in [6.07, 6.45) is 1.04. The minimum Gasteiger partial charge on any atom is -0.502 e. The van der Waals surface area contributed by atoms with Crippen LogP contribution in [0.3, 0.4) is 0 Å². The highest BCUT2D eigenvalue weighted by Gasteiger charge is 2.47. The van der Waals surface area contributed by atoms with Gasteiger partial charge >= 0.3 is 0 Å². The molecule has 2 rings (SSSR count). The molecule has 4 nitrogen and oxygen atoms in total. The number of fused-ring (bicyclic) bond motifs is 1. The van der Waals surface area contributed by atoms with Gasteiger partial charge in [0.05, 0.1) is 11.0 Å². The third kappa shape index (κ3) is 2.53. The fourth-order valence-corrected chi connectivity index (χ4v) is 3.63. The van der Waals surface area contributed by atoms with Crippen molar-refractivity contribution in [3.63, 3.8) is 0 Å². The topological polar surface area (TPSA) is 69.1 Å². The molecule has 0 amide bonds. The van der Waals surface area contributed by atoms with Gasteiger partial charge in [0.15, 0.2) is 10.1 Å². The van der Waals surface area contributed by atoms with Crippen molar-refractivity contribution in [1.82, 2.24) is 9.97 Å². The van der Waals surface area contributed by atoms with E-state index in [1.807, 2.05) is 38.1 Å². The average Bonchev–Trinajstić information content (AvgIpc) is 2.87. The van der Waals surface area contributed by atoms with Crippen LogP contribution in [0.5, 0.6) is 0 Å². The number of aliphatic hydroxyl groups is 2. The first-order valence-corrected chi connectivity index (χ1v) is 7.70. The summed E-state index contributed by atoms with van der Waals surface area (Å²) in [4.78, 5) is 7.76. The highest BCUT2D eigenvalue weighted by molar-refractivity contribution is 7.80. The molecule has 0 radical (unpaired) electrons. The van der Waals surface area contributed by atoms with Crippen LogP contribution in [-0.2, 0) is 5.41 Å². The molecule has 3 N–H and O–H groups in total. The van der Waals surface area contributed by atoms with Gasteiger partial charge in [-0.05, 0) is 49.4 Å². The molecule has 0 aliphatic rings. The highest BCUT2D eigenvalue weighted by Crippen LogP contribution is 2.39. The van der Waals surface area contributed by atoms with Crippen LogP contribution in [0.25, 0.3) is 11.0 Å². The maximum absolute atomic E-state index is 10.2. The lowest BCUT2D eigenvalue weighted by molar-refractivity contribution is 0.325. The molecule has 1 aromatic carbocycles. The number of aromatic amines is 1. The number of nitrogens with one attached hydrogen (secondary N) is 1. The molecule has 6 heteroatoms. The van der Waals surface area contributed by atoms with E-state index in [0.717, 1.165) is 11.0 Å². The van der Waals surface area contributed by atoms with Crippen molar-refractivity contribution >= 4 is 45.6 Å². The van der Waals surface area contributed by atoms with Gasteiger partial charge in [-0.2, -0.15) is 0 Å². The van der Waals surface area contributed by atoms with Crippen LogP contribution < -0.4 is 0 Å². The average molecular weight is 322 g/mol. The van der Waals surface area contributed by atoms with Gasteiger partial charge < -0.3 is 15.2 Å². The van der Waals surface area contributed by atoms with E-state index in [1.54, 1.807) is 0 Å². The number of imidazole rings is 1. The molecule has 112 valence electrons. The van der Waals surface area contributed by atoms with E-state index in [-0.39, 0.29) is 10.1 Å². The third-order valence-electron chi connectivity index (χ3n) is 4.05. The second kappa shape index (κ2) is 6.07. The van der Waals surface area contributed by atoms with Gasteiger partial charge in [-0.3, -0.25) is 0 Å². The molecule has 0 fully saturated rings. The van der Waals surface area contributed by atoms with Gasteiger partial charge in [0.2, 0.25) is 0 Å². The molecule has 0 saturated carbocycles.